The van der Waals surface area contributed by atoms with Crippen LogP contribution in [-0.4, -0.2) is 25.8 Å². The van der Waals surface area contributed by atoms with Gasteiger partial charge in [0.15, 0.2) is 0 Å². The Morgan fingerprint density at radius 1 is 0.429 bits per heavy atom. The highest BCUT2D eigenvalue weighted by molar-refractivity contribution is 4.78. The van der Waals surface area contributed by atoms with E-state index in [0.717, 1.165) is 12.8 Å². The molecular weight excluding hydrogens is 348 g/mol. The molecule has 0 aromatic rings. The van der Waals surface area contributed by atoms with Gasteiger partial charge in [-0.2, -0.15) is 0 Å². The SMILES string of the molecule is CCCC(CCC)(CCC)CCCCCCCCC(OCC)(OCC)OCC. The average molecular weight is 401 g/mol. The second-order valence-electron chi connectivity index (χ2n) is 8.35. The summed E-state index contributed by atoms with van der Waals surface area (Å²) in [6.45, 7) is 14.9. The molecule has 3 heteroatoms. The molecule has 0 bridgehead atoms. The molecule has 0 spiro atoms. The first kappa shape index (κ1) is 27.9. The molecule has 0 fully saturated rings. The van der Waals surface area contributed by atoms with E-state index in [1.54, 1.807) is 0 Å². The van der Waals surface area contributed by atoms with Crippen molar-refractivity contribution in [1.29, 1.82) is 0 Å². The summed E-state index contributed by atoms with van der Waals surface area (Å²) < 4.78 is 17.5. The Labute approximate surface area is 177 Å². The molecule has 0 N–H and O–H groups in total. The monoisotopic (exact) mass is 400 g/mol. The van der Waals surface area contributed by atoms with Gasteiger partial charge < -0.3 is 14.2 Å². The Balaban J connectivity index is 4.14. The molecule has 3 nitrogen and oxygen atoms in total. The topological polar surface area (TPSA) is 27.7 Å². The van der Waals surface area contributed by atoms with E-state index in [4.69, 9.17) is 14.2 Å². The Bertz CT molecular complexity index is 264. The van der Waals surface area contributed by atoms with Crippen LogP contribution in [0.15, 0.2) is 0 Å². The molecule has 0 aliphatic heterocycles. The van der Waals surface area contributed by atoms with Gasteiger partial charge in [0, 0.05) is 26.2 Å². The van der Waals surface area contributed by atoms with E-state index in [-0.39, 0.29) is 0 Å². The zero-order chi connectivity index (χ0) is 21.1. The van der Waals surface area contributed by atoms with Crippen molar-refractivity contribution in [3.05, 3.63) is 0 Å². The van der Waals surface area contributed by atoms with Crippen LogP contribution < -0.4 is 0 Å². The number of rotatable bonds is 21. The quantitative estimate of drug-likeness (QED) is 0.143. The van der Waals surface area contributed by atoms with E-state index in [1.807, 2.05) is 20.8 Å². The van der Waals surface area contributed by atoms with E-state index in [0.29, 0.717) is 25.2 Å². The van der Waals surface area contributed by atoms with Gasteiger partial charge in [0.25, 0.3) is 5.97 Å². The summed E-state index contributed by atoms with van der Waals surface area (Å²) in [5.41, 5.74) is 0.629. The molecule has 0 aromatic carbocycles. The first-order valence-electron chi connectivity index (χ1n) is 12.5. The lowest BCUT2D eigenvalue weighted by Crippen LogP contribution is -2.39. The molecule has 0 amide bonds. The molecule has 28 heavy (non-hydrogen) atoms. The minimum absolute atomic E-state index is 0.620. The number of ether oxygens (including phenoxy) is 3. The number of hydrogen-bond acceptors (Lipinski definition) is 3. The van der Waals surface area contributed by atoms with E-state index in [9.17, 15) is 0 Å². The summed E-state index contributed by atoms with van der Waals surface area (Å²) in [5.74, 6) is -0.821. The van der Waals surface area contributed by atoms with Crippen molar-refractivity contribution in [2.45, 2.75) is 137 Å². The maximum atomic E-state index is 5.82. The van der Waals surface area contributed by atoms with Gasteiger partial charge in [0.2, 0.25) is 0 Å². The van der Waals surface area contributed by atoms with Gasteiger partial charge in [0.1, 0.15) is 0 Å². The standard InChI is InChI=1S/C25H52O3/c1-7-19-24(20-8-2,21-9-3)22-17-15-13-14-16-18-23-25(26-10-4,27-11-5)28-12-6/h7-23H2,1-6H3. The lowest BCUT2D eigenvalue weighted by atomic mass is 9.72. The summed E-state index contributed by atoms with van der Waals surface area (Å²) in [4.78, 5) is 0. The maximum absolute atomic E-state index is 5.82. The molecule has 0 rings (SSSR count). The molecule has 0 saturated carbocycles. The highest BCUT2D eigenvalue weighted by Crippen LogP contribution is 2.40. The Hall–Kier alpha value is -0.120. The van der Waals surface area contributed by atoms with Crippen LogP contribution in [0, 0.1) is 5.41 Å². The first-order chi connectivity index (χ1) is 13.6. The predicted molar refractivity (Wildman–Crippen MR) is 122 cm³/mol. The van der Waals surface area contributed by atoms with Gasteiger partial charge in [0.05, 0.1) is 0 Å². The van der Waals surface area contributed by atoms with E-state index in [2.05, 4.69) is 20.8 Å². The largest absolute Gasteiger partial charge is 0.328 e. The van der Waals surface area contributed by atoms with Crippen LogP contribution in [0.3, 0.4) is 0 Å². The Morgan fingerprint density at radius 2 is 0.786 bits per heavy atom. The fraction of sp³-hybridized carbons (Fsp3) is 1.00. The lowest BCUT2D eigenvalue weighted by molar-refractivity contribution is -0.380. The Kier molecular flexibility index (Phi) is 17.6. The molecule has 0 atom stereocenters. The Morgan fingerprint density at radius 3 is 1.14 bits per heavy atom. The van der Waals surface area contributed by atoms with Gasteiger partial charge in [-0.25, -0.2) is 0 Å². The van der Waals surface area contributed by atoms with Crippen molar-refractivity contribution < 1.29 is 14.2 Å². The van der Waals surface area contributed by atoms with Crippen LogP contribution in [0.1, 0.15) is 131 Å². The third kappa shape index (κ3) is 11.8. The molecule has 170 valence electrons. The van der Waals surface area contributed by atoms with Crippen LogP contribution in [0.25, 0.3) is 0 Å². The van der Waals surface area contributed by atoms with Gasteiger partial charge in [-0.3, -0.25) is 0 Å². The third-order valence-electron chi connectivity index (χ3n) is 5.87. The summed E-state index contributed by atoms with van der Waals surface area (Å²) in [5, 5.41) is 0. The van der Waals surface area contributed by atoms with Gasteiger partial charge in [-0.15, -0.1) is 0 Å². The molecular formula is C25H52O3. The van der Waals surface area contributed by atoms with Crippen molar-refractivity contribution >= 4 is 0 Å². The van der Waals surface area contributed by atoms with Crippen molar-refractivity contribution in [3.8, 4) is 0 Å². The van der Waals surface area contributed by atoms with Gasteiger partial charge >= 0.3 is 0 Å². The second kappa shape index (κ2) is 17.7. The third-order valence-corrected chi connectivity index (χ3v) is 5.87. The van der Waals surface area contributed by atoms with E-state index < -0.39 is 5.97 Å². The molecule has 0 radical (unpaired) electrons. The highest BCUT2D eigenvalue weighted by atomic mass is 16.9. The number of hydrogen-bond donors (Lipinski definition) is 0. The zero-order valence-corrected chi connectivity index (χ0v) is 20.2. The van der Waals surface area contributed by atoms with Crippen molar-refractivity contribution in [3.63, 3.8) is 0 Å². The van der Waals surface area contributed by atoms with Crippen LogP contribution >= 0.6 is 0 Å². The number of unbranched alkanes of at least 4 members (excludes halogenated alkanes) is 5. The predicted octanol–water partition coefficient (Wildman–Crippen LogP) is 8.26. The van der Waals surface area contributed by atoms with E-state index in [1.165, 1.54) is 77.0 Å². The van der Waals surface area contributed by atoms with Crippen LogP contribution in [0.4, 0.5) is 0 Å². The summed E-state index contributed by atoms with van der Waals surface area (Å²) in [6, 6.07) is 0. The van der Waals surface area contributed by atoms with Gasteiger partial charge in [-0.1, -0.05) is 72.1 Å². The summed E-state index contributed by atoms with van der Waals surface area (Å²) in [7, 11) is 0. The normalized spacial score (nSPS) is 12.6. The first-order valence-corrected chi connectivity index (χ1v) is 12.5. The van der Waals surface area contributed by atoms with Crippen molar-refractivity contribution in [2.24, 2.45) is 5.41 Å². The summed E-state index contributed by atoms with van der Waals surface area (Å²) >= 11 is 0. The van der Waals surface area contributed by atoms with E-state index >= 15 is 0 Å². The zero-order valence-electron chi connectivity index (χ0n) is 20.2. The molecule has 0 unspecified atom stereocenters. The molecule has 0 saturated heterocycles. The highest BCUT2D eigenvalue weighted by Gasteiger charge is 2.31. The van der Waals surface area contributed by atoms with Gasteiger partial charge in [-0.05, 0) is 58.3 Å². The fourth-order valence-electron chi connectivity index (χ4n) is 4.89. The minimum atomic E-state index is -0.821. The maximum Gasteiger partial charge on any atom is 0.282 e. The molecule has 0 aromatic heterocycles. The van der Waals surface area contributed by atoms with Crippen molar-refractivity contribution in [2.75, 3.05) is 19.8 Å². The average Bonchev–Trinajstić information content (AvgIpc) is 2.65. The lowest BCUT2D eigenvalue weighted by Gasteiger charge is -2.34. The molecule has 0 aliphatic rings. The summed E-state index contributed by atoms with van der Waals surface area (Å²) in [6.07, 6.45) is 18.3. The fourth-order valence-corrected chi connectivity index (χ4v) is 4.89. The van der Waals surface area contributed by atoms with Crippen molar-refractivity contribution in [1.82, 2.24) is 0 Å². The molecule has 0 aliphatic carbocycles. The van der Waals surface area contributed by atoms with Crippen LogP contribution in [0.2, 0.25) is 0 Å². The second-order valence-corrected chi connectivity index (χ2v) is 8.35. The van der Waals surface area contributed by atoms with Crippen LogP contribution in [-0.2, 0) is 14.2 Å². The van der Waals surface area contributed by atoms with Crippen LogP contribution in [0.5, 0.6) is 0 Å². The minimum Gasteiger partial charge on any atom is -0.328 e. The smallest absolute Gasteiger partial charge is 0.282 e. The molecule has 0 heterocycles.